The summed E-state index contributed by atoms with van der Waals surface area (Å²) in [5.41, 5.74) is 1.72. The Labute approximate surface area is 293 Å². The largest absolute Gasteiger partial charge is 0.497 e. The van der Waals surface area contributed by atoms with Gasteiger partial charge in [0.15, 0.2) is 5.60 Å². The Morgan fingerprint density at radius 1 is 1.08 bits per heavy atom. The van der Waals surface area contributed by atoms with E-state index in [1.54, 1.807) is 27.9 Å². The highest BCUT2D eigenvalue weighted by Gasteiger charge is 2.66. The van der Waals surface area contributed by atoms with Gasteiger partial charge in [-0.1, -0.05) is 61.1 Å². The fourth-order valence-electron chi connectivity index (χ4n) is 8.88. The van der Waals surface area contributed by atoms with E-state index in [9.17, 15) is 14.7 Å². The molecular formula is C38H44ClN3O6Si. The Morgan fingerprint density at radius 2 is 1.86 bits per heavy atom. The van der Waals surface area contributed by atoms with Gasteiger partial charge >= 0.3 is 0 Å². The number of fused-ring (bicyclic) bond motifs is 2. The van der Waals surface area contributed by atoms with Crippen molar-refractivity contribution in [2.24, 2.45) is 5.92 Å². The van der Waals surface area contributed by atoms with E-state index < -0.39 is 19.8 Å². The van der Waals surface area contributed by atoms with Gasteiger partial charge in [0.25, 0.3) is 5.91 Å². The van der Waals surface area contributed by atoms with Gasteiger partial charge in [-0.05, 0) is 66.4 Å². The monoisotopic (exact) mass is 701 g/mol. The number of methoxy groups -OCH3 is 1. The Kier molecular flexibility index (Phi) is 8.88. The summed E-state index contributed by atoms with van der Waals surface area (Å²) in [6, 6.07) is 21.3. The lowest BCUT2D eigenvalue weighted by molar-refractivity contribution is -0.150. The lowest BCUT2D eigenvalue weighted by Crippen LogP contribution is -2.52. The van der Waals surface area contributed by atoms with E-state index in [-0.39, 0.29) is 48.3 Å². The smallest absolute Gasteiger partial charge is 0.264 e. The van der Waals surface area contributed by atoms with Gasteiger partial charge in [0.1, 0.15) is 5.75 Å². The molecule has 0 saturated carbocycles. The van der Waals surface area contributed by atoms with Gasteiger partial charge in [-0.3, -0.25) is 14.4 Å². The summed E-state index contributed by atoms with van der Waals surface area (Å²) in [6.45, 7) is 8.20. The van der Waals surface area contributed by atoms with Crippen LogP contribution in [0.25, 0.3) is 0 Å². The van der Waals surface area contributed by atoms with E-state index in [1.165, 1.54) is 5.19 Å². The molecule has 4 heterocycles. The third-order valence-electron chi connectivity index (χ3n) is 11.5. The van der Waals surface area contributed by atoms with Crippen molar-refractivity contribution >= 4 is 54.0 Å². The van der Waals surface area contributed by atoms with Crippen LogP contribution in [0.3, 0.4) is 0 Å². The highest BCUT2D eigenvalue weighted by atomic mass is 35.5. The number of halogens is 1. The van der Waals surface area contributed by atoms with E-state index in [1.807, 2.05) is 48.5 Å². The van der Waals surface area contributed by atoms with Crippen LogP contribution in [0.15, 0.2) is 66.7 Å². The number of carbonyl (C=O) groups is 3. The maximum absolute atomic E-state index is 15.1. The Morgan fingerprint density at radius 3 is 2.53 bits per heavy atom. The fourth-order valence-corrected chi connectivity index (χ4v) is 13.1. The number of likely N-dealkylation sites (tertiary alicyclic amines) is 1. The summed E-state index contributed by atoms with van der Waals surface area (Å²) in [5.74, 6) is 0.347. The molecular weight excluding hydrogens is 658 g/mol. The summed E-state index contributed by atoms with van der Waals surface area (Å²) in [4.78, 5) is 46.6. The van der Waals surface area contributed by atoms with Crippen LogP contribution in [0.2, 0.25) is 23.7 Å². The minimum atomic E-state index is -2.46. The third kappa shape index (κ3) is 5.57. The van der Waals surface area contributed by atoms with Gasteiger partial charge in [-0.2, -0.15) is 0 Å². The Balaban J connectivity index is 1.29. The minimum absolute atomic E-state index is 0.0543. The van der Waals surface area contributed by atoms with Crippen LogP contribution in [0, 0.1) is 5.92 Å². The van der Waals surface area contributed by atoms with Crippen LogP contribution < -0.4 is 19.7 Å². The SMILES string of the molecule is COc1ccc([Si](C)(C)[C@@H]2[C@@H](CC(=O)N3CCC[C@H]3CO)O[C@]3(C(=O)N(Cc4cccc(N5CCC5=O)c4)c4ccc(Cl)cc43)[C@H]2C)cc1. The summed E-state index contributed by atoms with van der Waals surface area (Å²) in [7, 11) is -0.813. The van der Waals surface area contributed by atoms with Crippen molar-refractivity contribution in [2.75, 3.05) is 36.6 Å². The zero-order valence-corrected chi connectivity index (χ0v) is 30.3. The average Bonchev–Trinajstić information content (AvgIpc) is 3.75. The van der Waals surface area contributed by atoms with Crippen LogP contribution >= 0.6 is 11.6 Å². The van der Waals surface area contributed by atoms with Crippen LogP contribution in [0.1, 0.15) is 43.7 Å². The highest BCUT2D eigenvalue weighted by molar-refractivity contribution is 6.91. The van der Waals surface area contributed by atoms with E-state index in [0.29, 0.717) is 31.1 Å². The molecule has 258 valence electrons. The van der Waals surface area contributed by atoms with Crippen LogP contribution in [0.5, 0.6) is 5.75 Å². The maximum Gasteiger partial charge on any atom is 0.264 e. The van der Waals surface area contributed by atoms with Crippen LogP contribution in [-0.2, 0) is 31.3 Å². The van der Waals surface area contributed by atoms with E-state index >= 15 is 4.79 Å². The number of amides is 3. The van der Waals surface area contributed by atoms with Crippen molar-refractivity contribution < 1.29 is 29.0 Å². The molecule has 3 aromatic carbocycles. The molecule has 4 aliphatic heterocycles. The number of β-lactam (4-membered cyclic amide) rings is 1. The van der Waals surface area contributed by atoms with Crippen LogP contribution in [0.4, 0.5) is 11.4 Å². The molecule has 9 nitrogen and oxygen atoms in total. The molecule has 3 aromatic rings. The fraction of sp³-hybridized carbons (Fsp3) is 0.447. The van der Waals surface area contributed by atoms with Gasteiger partial charge in [0.2, 0.25) is 11.8 Å². The molecule has 3 amide bonds. The predicted molar refractivity (Wildman–Crippen MR) is 192 cm³/mol. The lowest BCUT2D eigenvalue weighted by atomic mass is 9.82. The Hall–Kier alpha value is -3.70. The second-order valence-electron chi connectivity index (χ2n) is 14.4. The summed E-state index contributed by atoms with van der Waals surface area (Å²) in [5, 5.41) is 11.7. The number of hydrogen-bond acceptors (Lipinski definition) is 6. The first-order valence-electron chi connectivity index (χ1n) is 17.2. The number of rotatable bonds is 9. The first-order chi connectivity index (χ1) is 23.5. The van der Waals surface area contributed by atoms with Crippen molar-refractivity contribution in [1.82, 2.24) is 4.90 Å². The van der Waals surface area contributed by atoms with Crippen molar-refractivity contribution in [2.45, 2.75) is 75.5 Å². The van der Waals surface area contributed by atoms with Crippen molar-refractivity contribution in [3.8, 4) is 5.75 Å². The summed E-state index contributed by atoms with van der Waals surface area (Å²) < 4.78 is 12.6. The number of benzene rings is 3. The molecule has 49 heavy (non-hydrogen) atoms. The molecule has 7 rings (SSSR count). The second-order valence-corrected chi connectivity index (χ2v) is 19.6. The lowest BCUT2D eigenvalue weighted by Gasteiger charge is -2.37. The standard InChI is InChI=1S/C38H44ClN3O6Si/c1-24-36(49(3,4)30-13-11-29(47-2)12-14-30)33(21-35(45)40-17-6-9-28(40)23-43)48-38(24)31-20-26(39)10-15-32(31)42(37(38)46)22-25-7-5-8-27(19-25)41-18-16-34(41)44/h5,7-8,10-15,19-20,24,28,33,36,43H,6,9,16-18,21-23H2,1-4H3/t24-,28-,33+,36-,38+/m0/s1. The molecule has 1 spiro atoms. The number of carbonyl (C=O) groups excluding carboxylic acids is 3. The van der Waals surface area contributed by atoms with Crippen LogP contribution in [-0.4, -0.2) is 74.8 Å². The molecule has 11 heteroatoms. The van der Waals surface area contributed by atoms with Crippen molar-refractivity contribution in [3.05, 3.63) is 82.9 Å². The summed E-state index contributed by atoms with van der Waals surface area (Å²) >= 11 is 6.66. The third-order valence-corrected chi connectivity index (χ3v) is 16.1. The maximum atomic E-state index is 15.1. The molecule has 0 aromatic heterocycles. The van der Waals surface area contributed by atoms with E-state index in [4.69, 9.17) is 21.1 Å². The molecule has 3 saturated heterocycles. The molecule has 0 radical (unpaired) electrons. The molecule has 0 bridgehead atoms. The first-order valence-corrected chi connectivity index (χ1v) is 20.7. The van der Waals surface area contributed by atoms with E-state index in [0.717, 1.165) is 41.1 Å². The molecule has 1 N–H and O–H groups in total. The second kappa shape index (κ2) is 12.9. The molecule has 0 unspecified atom stereocenters. The zero-order chi connectivity index (χ0) is 34.7. The number of nitrogens with zero attached hydrogens (tertiary/aromatic N) is 3. The minimum Gasteiger partial charge on any atom is -0.497 e. The number of hydrogen-bond donors (Lipinski definition) is 1. The molecule has 5 atom stereocenters. The Bertz CT molecular complexity index is 1790. The van der Waals surface area contributed by atoms with Gasteiger partial charge in [0.05, 0.1) is 52.6 Å². The summed E-state index contributed by atoms with van der Waals surface area (Å²) in [6.07, 6.45) is 1.75. The molecule has 3 fully saturated rings. The molecule has 4 aliphatic rings. The zero-order valence-electron chi connectivity index (χ0n) is 28.5. The normalized spacial score (nSPS) is 26.4. The number of ether oxygens (including phenoxy) is 2. The van der Waals surface area contributed by atoms with E-state index in [2.05, 4.69) is 32.2 Å². The number of aliphatic hydroxyl groups excluding tert-OH is 1. The van der Waals surface area contributed by atoms with Crippen molar-refractivity contribution in [1.29, 1.82) is 0 Å². The first kappa shape index (κ1) is 33.8. The quantitative estimate of drug-likeness (QED) is 0.243. The van der Waals surface area contributed by atoms with Gasteiger partial charge < -0.3 is 29.3 Å². The number of aliphatic hydroxyl groups is 1. The van der Waals surface area contributed by atoms with Gasteiger partial charge in [-0.25, -0.2) is 0 Å². The van der Waals surface area contributed by atoms with Gasteiger partial charge in [0, 0.05) is 41.7 Å². The van der Waals surface area contributed by atoms with Gasteiger partial charge in [-0.15, -0.1) is 0 Å². The highest BCUT2D eigenvalue weighted by Crippen LogP contribution is 2.60. The molecule has 0 aliphatic carbocycles. The average molecular weight is 702 g/mol. The predicted octanol–water partition coefficient (Wildman–Crippen LogP) is 5.22. The number of anilines is 2. The topological polar surface area (TPSA) is 99.6 Å². The van der Waals surface area contributed by atoms with Crippen molar-refractivity contribution in [3.63, 3.8) is 0 Å².